The van der Waals surface area contributed by atoms with E-state index in [0.717, 1.165) is 11.8 Å². The molecule has 29 heavy (non-hydrogen) atoms. The molecule has 4 rings (SSSR count). The summed E-state index contributed by atoms with van der Waals surface area (Å²) in [6.45, 7) is 0. The van der Waals surface area contributed by atoms with Crippen LogP contribution in [0.25, 0.3) is 28.9 Å². The van der Waals surface area contributed by atoms with E-state index in [-0.39, 0.29) is 17.1 Å². The van der Waals surface area contributed by atoms with Crippen LogP contribution in [0.1, 0.15) is 11.4 Å². The predicted molar refractivity (Wildman–Crippen MR) is 112 cm³/mol. The number of nitro groups is 1. The molecule has 0 atom stereocenters. The maximum absolute atomic E-state index is 13.1. The second-order valence-corrected chi connectivity index (χ2v) is 6.58. The van der Waals surface area contributed by atoms with E-state index >= 15 is 0 Å². The Kier molecular flexibility index (Phi) is 4.88. The van der Waals surface area contributed by atoms with Crippen LogP contribution in [0.4, 0.5) is 5.69 Å². The molecular weight excluding hydrogens is 392 g/mol. The van der Waals surface area contributed by atoms with E-state index in [1.54, 1.807) is 48.6 Å². The zero-order chi connectivity index (χ0) is 20.4. The summed E-state index contributed by atoms with van der Waals surface area (Å²) in [6, 6.07) is 16.9. The van der Waals surface area contributed by atoms with E-state index in [1.165, 1.54) is 16.7 Å². The van der Waals surface area contributed by atoms with Gasteiger partial charge in [-0.05, 0) is 42.0 Å². The van der Waals surface area contributed by atoms with Crippen LogP contribution in [-0.4, -0.2) is 19.5 Å². The van der Waals surface area contributed by atoms with Gasteiger partial charge in [-0.25, -0.2) is 14.5 Å². The zero-order valence-corrected chi connectivity index (χ0v) is 15.7. The van der Waals surface area contributed by atoms with Crippen molar-refractivity contribution in [2.45, 2.75) is 0 Å². The van der Waals surface area contributed by atoms with E-state index < -0.39 is 4.92 Å². The fourth-order valence-electron chi connectivity index (χ4n) is 2.85. The molecule has 0 radical (unpaired) electrons. The molecule has 0 unspecified atom stereocenters. The minimum atomic E-state index is -0.542. The van der Waals surface area contributed by atoms with Gasteiger partial charge in [0, 0.05) is 11.1 Å². The number of aromatic nitrogens is 3. The van der Waals surface area contributed by atoms with Gasteiger partial charge >= 0.3 is 0 Å². The van der Waals surface area contributed by atoms with Gasteiger partial charge < -0.3 is 0 Å². The SMILES string of the molecule is O=c1c2ccccc2nc(/C=C/c2ccc(Cl)cc2)n1-c1ccc([N+](=O)[O-])cn1. The zero-order valence-electron chi connectivity index (χ0n) is 14.9. The van der Waals surface area contributed by atoms with Crippen LogP contribution in [-0.2, 0) is 0 Å². The Labute approximate surface area is 169 Å². The lowest BCUT2D eigenvalue weighted by atomic mass is 10.2. The summed E-state index contributed by atoms with van der Waals surface area (Å²) in [5, 5.41) is 12.0. The number of rotatable bonds is 4. The molecule has 7 nitrogen and oxygen atoms in total. The fourth-order valence-corrected chi connectivity index (χ4v) is 2.97. The third-order valence-corrected chi connectivity index (χ3v) is 4.52. The van der Waals surface area contributed by atoms with Gasteiger partial charge in [-0.1, -0.05) is 41.9 Å². The highest BCUT2D eigenvalue weighted by atomic mass is 35.5. The largest absolute Gasteiger partial charge is 0.287 e. The van der Waals surface area contributed by atoms with Crippen molar-refractivity contribution >= 4 is 40.3 Å². The van der Waals surface area contributed by atoms with Gasteiger partial charge in [-0.2, -0.15) is 0 Å². The van der Waals surface area contributed by atoms with Gasteiger partial charge in [0.15, 0.2) is 0 Å². The number of para-hydroxylation sites is 1. The molecule has 142 valence electrons. The molecule has 0 N–H and O–H groups in total. The third-order valence-electron chi connectivity index (χ3n) is 4.27. The van der Waals surface area contributed by atoms with E-state index in [2.05, 4.69) is 9.97 Å². The van der Waals surface area contributed by atoms with E-state index in [9.17, 15) is 14.9 Å². The summed E-state index contributed by atoms with van der Waals surface area (Å²) >= 11 is 5.92. The van der Waals surface area contributed by atoms with Crippen LogP contribution in [0, 0.1) is 10.1 Å². The molecule has 0 aliphatic carbocycles. The highest BCUT2D eigenvalue weighted by molar-refractivity contribution is 6.30. The predicted octanol–water partition coefficient (Wildman–Crippen LogP) is 4.51. The highest BCUT2D eigenvalue weighted by Crippen LogP contribution is 2.17. The molecular formula is C21H13ClN4O3. The third kappa shape index (κ3) is 3.76. The van der Waals surface area contributed by atoms with Crippen molar-refractivity contribution < 1.29 is 4.92 Å². The molecule has 0 saturated carbocycles. The quantitative estimate of drug-likeness (QED) is 0.368. The van der Waals surface area contributed by atoms with Crippen LogP contribution in [0.15, 0.2) is 71.7 Å². The summed E-state index contributed by atoms with van der Waals surface area (Å²) in [5.74, 6) is 0.597. The molecule has 0 fully saturated rings. The molecule has 2 heterocycles. The molecule has 8 heteroatoms. The fraction of sp³-hybridized carbons (Fsp3) is 0. The Morgan fingerprint density at radius 3 is 2.45 bits per heavy atom. The van der Waals surface area contributed by atoms with Gasteiger partial charge in [-0.3, -0.25) is 14.9 Å². The molecule has 0 bridgehead atoms. The first-order valence-corrected chi connectivity index (χ1v) is 8.97. The van der Waals surface area contributed by atoms with Gasteiger partial charge in [0.25, 0.3) is 11.2 Å². The first kappa shape index (κ1) is 18.5. The van der Waals surface area contributed by atoms with Gasteiger partial charge in [-0.15, -0.1) is 0 Å². The Hall–Kier alpha value is -3.84. The van der Waals surface area contributed by atoms with Gasteiger partial charge in [0.2, 0.25) is 0 Å². The second kappa shape index (κ2) is 7.65. The number of pyridine rings is 1. The van der Waals surface area contributed by atoms with E-state index in [1.807, 2.05) is 12.1 Å². The minimum Gasteiger partial charge on any atom is -0.268 e. The van der Waals surface area contributed by atoms with Crippen LogP contribution in [0.3, 0.4) is 0 Å². The maximum Gasteiger partial charge on any atom is 0.287 e. The van der Waals surface area contributed by atoms with Crippen LogP contribution in [0.2, 0.25) is 5.02 Å². The lowest BCUT2D eigenvalue weighted by molar-refractivity contribution is -0.385. The topological polar surface area (TPSA) is 90.9 Å². The monoisotopic (exact) mass is 404 g/mol. The van der Waals surface area contributed by atoms with Crippen molar-refractivity contribution in [3.8, 4) is 5.82 Å². The second-order valence-electron chi connectivity index (χ2n) is 6.14. The lowest BCUT2D eigenvalue weighted by Gasteiger charge is -2.10. The molecule has 0 aliphatic rings. The van der Waals surface area contributed by atoms with Crippen molar-refractivity contribution in [1.82, 2.24) is 14.5 Å². The Morgan fingerprint density at radius 1 is 1.00 bits per heavy atom. The van der Waals surface area contributed by atoms with Crippen molar-refractivity contribution in [3.05, 3.63) is 104 Å². The maximum atomic E-state index is 13.1. The average molecular weight is 405 g/mol. The molecule has 0 amide bonds. The lowest BCUT2D eigenvalue weighted by Crippen LogP contribution is -2.23. The molecule has 0 aliphatic heterocycles. The Bertz CT molecular complexity index is 1300. The summed E-state index contributed by atoms with van der Waals surface area (Å²) in [5.41, 5.74) is 0.952. The minimum absolute atomic E-state index is 0.159. The van der Waals surface area contributed by atoms with E-state index in [4.69, 9.17) is 11.6 Å². The van der Waals surface area contributed by atoms with E-state index in [0.29, 0.717) is 21.7 Å². The standard InChI is InChI=1S/C21H13ClN4O3/c22-15-8-5-14(6-9-15)7-11-20-24-18-4-2-1-3-17(18)21(27)25(20)19-12-10-16(13-23-19)26(28)29/h1-13H/b11-7+. The first-order valence-electron chi connectivity index (χ1n) is 8.59. The van der Waals surface area contributed by atoms with Crippen molar-refractivity contribution in [2.75, 3.05) is 0 Å². The molecule has 0 spiro atoms. The number of benzene rings is 2. The average Bonchev–Trinajstić information content (AvgIpc) is 2.73. The van der Waals surface area contributed by atoms with Crippen molar-refractivity contribution in [1.29, 1.82) is 0 Å². The molecule has 0 saturated heterocycles. The number of hydrogen-bond donors (Lipinski definition) is 0. The Morgan fingerprint density at radius 2 is 1.76 bits per heavy atom. The van der Waals surface area contributed by atoms with Gasteiger partial charge in [0.1, 0.15) is 17.8 Å². The van der Waals surface area contributed by atoms with Crippen molar-refractivity contribution in [3.63, 3.8) is 0 Å². The van der Waals surface area contributed by atoms with Gasteiger partial charge in [0.05, 0.1) is 15.8 Å². The summed E-state index contributed by atoms with van der Waals surface area (Å²) in [6.07, 6.45) is 4.61. The number of halogens is 1. The van der Waals surface area contributed by atoms with Crippen LogP contribution >= 0.6 is 11.6 Å². The first-order chi connectivity index (χ1) is 14.0. The van der Waals surface area contributed by atoms with Crippen LogP contribution in [0.5, 0.6) is 0 Å². The molecule has 2 aromatic heterocycles. The summed E-state index contributed by atoms with van der Waals surface area (Å²) in [4.78, 5) is 32.2. The summed E-state index contributed by atoms with van der Waals surface area (Å²) in [7, 11) is 0. The van der Waals surface area contributed by atoms with Crippen LogP contribution < -0.4 is 5.56 Å². The molecule has 2 aromatic carbocycles. The number of hydrogen-bond acceptors (Lipinski definition) is 5. The number of nitrogens with zero attached hydrogens (tertiary/aromatic N) is 4. The highest BCUT2D eigenvalue weighted by Gasteiger charge is 2.13. The smallest absolute Gasteiger partial charge is 0.268 e. The normalized spacial score (nSPS) is 11.2. The summed E-state index contributed by atoms with van der Waals surface area (Å²) < 4.78 is 1.33. The van der Waals surface area contributed by atoms with Crippen molar-refractivity contribution in [2.24, 2.45) is 0 Å². The number of fused-ring (bicyclic) bond motifs is 1. The Balaban J connectivity index is 1.89. The molecule has 4 aromatic rings.